The summed E-state index contributed by atoms with van der Waals surface area (Å²) in [4.78, 5) is 10.8. The minimum absolute atomic E-state index is 0.547. The lowest BCUT2D eigenvalue weighted by Crippen LogP contribution is -2.41. The fraction of sp³-hybridized carbons (Fsp3) is 0.471. The van der Waals surface area contributed by atoms with Gasteiger partial charge in [-0.3, -0.25) is 4.99 Å². The van der Waals surface area contributed by atoms with E-state index in [-0.39, 0.29) is 0 Å². The Hall–Kier alpha value is -2.28. The number of guanidine groups is 1. The molecule has 0 amide bonds. The van der Waals surface area contributed by atoms with Crippen molar-refractivity contribution in [1.29, 1.82) is 0 Å². The number of likely N-dealkylation sites (N-methyl/N-ethyl adjacent to an activating group) is 1. The van der Waals surface area contributed by atoms with E-state index in [1.165, 1.54) is 0 Å². The fourth-order valence-electron chi connectivity index (χ4n) is 2.11. The van der Waals surface area contributed by atoms with Gasteiger partial charge in [0.15, 0.2) is 11.8 Å². The molecule has 0 unspecified atom stereocenters. The lowest BCUT2D eigenvalue weighted by Gasteiger charge is -2.22. The molecule has 136 valence electrons. The Balaban J connectivity index is 1.80. The highest BCUT2D eigenvalue weighted by molar-refractivity contribution is 6.30. The van der Waals surface area contributed by atoms with E-state index in [9.17, 15) is 0 Å². The van der Waals surface area contributed by atoms with Gasteiger partial charge in [-0.25, -0.2) is 0 Å². The summed E-state index contributed by atoms with van der Waals surface area (Å²) in [6, 6.07) is 7.33. The predicted octanol–water partition coefficient (Wildman–Crippen LogP) is 2.55. The molecule has 7 nitrogen and oxygen atoms in total. The molecule has 0 saturated heterocycles. The standard InChI is InChI=1S/C17H24ClN5O2/c1-4-19-17(20-10-9-16-21-13(2)22-25-16)23(3)11-12-24-15-7-5-14(18)6-8-15/h5-8H,4,9-12H2,1-3H3,(H,19,20). The van der Waals surface area contributed by atoms with E-state index in [1.807, 2.05) is 43.1 Å². The van der Waals surface area contributed by atoms with Crippen molar-refractivity contribution in [2.24, 2.45) is 4.99 Å². The Bertz CT molecular complexity index is 672. The van der Waals surface area contributed by atoms with Gasteiger partial charge in [0.2, 0.25) is 5.89 Å². The number of hydrogen-bond acceptors (Lipinski definition) is 5. The first-order valence-corrected chi connectivity index (χ1v) is 8.63. The number of aliphatic imine (C=N–C) groups is 1. The third-order valence-corrected chi connectivity index (χ3v) is 3.61. The molecule has 0 aliphatic rings. The second-order valence-corrected chi connectivity index (χ2v) is 5.88. The maximum absolute atomic E-state index is 5.86. The molecule has 1 heterocycles. The zero-order chi connectivity index (χ0) is 18.1. The molecule has 8 heteroatoms. The molecule has 0 fully saturated rings. The molecular weight excluding hydrogens is 342 g/mol. The van der Waals surface area contributed by atoms with E-state index in [2.05, 4.69) is 20.4 Å². The minimum Gasteiger partial charge on any atom is -0.492 e. The zero-order valence-corrected chi connectivity index (χ0v) is 15.6. The molecule has 1 aromatic carbocycles. The average Bonchev–Trinajstić information content (AvgIpc) is 3.01. The number of halogens is 1. The second kappa shape index (κ2) is 9.88. The van der Waals surface area contributed by atoms with E-state index in [1.54, 1.807) is 6.92 Å². The first-order valence-electron chi connectivity index (χ1n) is 8.25. The van der Waals surface area contributed by atoms with Crippen LogP contribution >= 0.6 is 11.6 Å². The van der Waals surface area contributed by atoms with Gasteiger partial charge in [0, 0.05) is 25.0 Å². The molecule has 2 aromatic rings. The first-order chi connectivity index (χ1) is 12.1. The van der Waals surface area contributed by atoms with Crippen molar-refractivity contribution >= 4 is 17.6 Å². The van der Waals surface area contributed by atoms with Crippen LogP contribution in [0.5, 0.6) is 5.75 Å². The van der Waals surface area contributed by atoms with E-state index in [4.69, 9.17) is 20.9 Å². The van der Waals surface area contributed by atoms with E-state index >= 15 is 0 Å². The normalized spacial score (nSPS) is 11.4. The summed E-state index contributed by atoms with van der Waals surface area (Å²) in [5.41, 5.74) is 0. The molecule has 0 aliphatic carbocycles. The maximum atomic E-state index is 5.86. The van der Waals surface area contributed by atoms with Gasteiger partial charge in [-0.15, -0.1) is 0 Å². The van der Waals surface area contributed by atoms with Crippen LogP contribution in [-0.2, 0) is 6.42 Å². The summed E-state index contributed by atoms with van der Waals surface area (Å²) in [6.07, 6.45) is 0.616. The molecule has 0 atom stereocenters. The van der Waals surface area contributed by atoms with Gasteiger partial charge in [0.05, 0.1) is 13.1 Å². The van der Waals surface area contributed by atoms with Crippen molar-refractivity contribution < 1.29 is 9.26 Å². The Morgan fingerprint density at radius 3 is 2.76 bits per heavy atom. The molecule has 0 bridgehead atoms. The first kappa shape index (κ1) is 19.1. The number of ether oxygens (including phenoxy) is 1. The van der Waals surface area contributed by atoms with Gasteiger partial charge in [-0.1, -0.05) is 16.8 Å². The molecule has 2 rings (SSSR count). The van der Waals surface area contributed by atoms with Crippen molar-refractivity contribution in [3.05, 3.63) is 41.0 Å². The van der Waals surface area contributed by atoms with Gasteiger partial charge in [0.1, 0.15) is 12.4 Å². The van der Waals surface area contributed by atoms with Crippen LogP contribution in [0.1, 0.15) is 18.6 Å². The van der Waals surface area contributed by atoms with Gasteiger partial charge < -0.3 is 19.5 Å². The number of nitrogens with one attached hydrogen (secondary N) is 1. The number of aryl methyl sites for hydroxylation is 1. The second-order valence-electron chi connectivity index (χ2n) is 5.44. The lowest BCUT2D eigenvalue weighted by molar-refractivity contribution is 0.281. The highest BCUT2D eigenvalue weighted by atomic mass is 35.5. The van der Waals surface area contributed by atoms with Crippen LogP contribution < -0.4 is 10.1 Å². The van der Waals surface area contributed by atoms with Crippen molar-refractivity contribution in [3.8, 4) is 5.75 Å². The number of nitrogens with zero attached hydrogens (tertiary/aromatic N) is 4. The number of hydrogen-bond donors (Lipinski definition) is 1. The Morgan fingerprint density at radius 2 is 2.12 bits per heavy atom. The Morgan fingerprint density at radius 1 is 1.36 bits per heavy atom. The summed E-state index contributed by atoms with van der Waals surface area (Å²) in [7, 11) is 1.98. The quantitative estimate of drug-likeness (QED) is 0.572. The van der Waals surface area contributed by atoms with Crippen molar-refractivity contribution in [2.45, 2.75) is 20.3 Å². The smallest absolute Gasteiger partial charge is 0.228 e. The van der Waals surface area contributed by atoms with Crippen molar-refractivity contribution in [2.75, 3.05) is 33.3 Å². The highest BCUT2D eigenvalue weighted by Crippen LogP contribution is 2.15. The average molecular weight is 366 g/mol. The topological polar surface area (TPSA) is 75.8 Å². The molecular formula is C17H24ClN5O2. The fourth-order valence-corrected chi connectivity index (χ4v) is 2.23. The molecule has 25 heavy (non-hydrogen) atoms. The lowest BCUT2D eigenvalue weighted by atomic mass is 10.3. The number of benzene rings is 1. The van der Waals surface area contributed by atoms with E-state index in [0.29, 0.717) is 42.9 Å². The predicted molar refractivity (Wildman–Crippen MR) is 98.3 cm³/mol. The maximum Gasteiger partial charge on any atom is 0.228 e. The van der Waals surface area contributed by atoms with Gasteiger partial charge in [0.25, 0.3) is 0 Å². The summed E-state index contributed by atoms with van der Waals surface area (Å²) in [5.74, 6) is 2.86. The zero-order valence-electron chi connectivity index (χ0n) is 14.8. The van der Waals surface area contributed by atoms with Crippen molar-refractivity contribution in [3.63, 3.8) is 0 Å². The summed E-state index contributed by atoms with van der Waals surface area (Å²) in [5, 5.41) is 7.74. The van der Waals surface area contributed by atoms with Crippen LogP contribution in [0.15, 0.2) is 33.8 Å². The Labute approximate surface area is 153 Å². The summed E-state index contributed by atoms with van der Waals surface area (Å²) in [6.45, 7) is 6.45. The van der Waals surface area contributed by atoms with Crippen LogP contribution in [0.4, 0.5) is 0 Å². The SMILES string of the molecule is CCNC(=NCCc1nc(C)no1)N(C)CCOc1ccc(Cl)cc1. The number of aromatic nitrogens is 2. The molecule has 0 aliphatic heterocycles. The third-order valence-electron chi connectivity index (χ3n) is 3.36. The third kappa shape index (κ3) is 6.62. The molecule has 1 N–H and O–H groups in total. The molecule has 0 spiro atoms. The van der Waals surface area contributed by atoms with E-state index in [0.717, 1.165) is 18.3 Å². The van der Waals surface area contributed by atoms with Gasteiger partial charge in [-0.2, -0.15) is 4.98 Å². The minimum atomic E-state index is 0.547. The van der Waals surface area contributed by atoms with Crippen LogP contribution in [0, 0.1) is 6.92 Å². The number of rotatable bonds is 8. The van der Waals surface area contributed by atoms with Gasteiger partial charge >= 0.3 is 0 Å². The van der Waals surface area contributed by atoms with Crippen LogP contribution in [0.2, 0.25) is 5.02 Å². The van der Waals surface area contributed by atoms with Crippen LogP contribution in [0.25, 0.3) is 0 Å². The molecule has 0 radical (unpaired) electrons. The van der Waals surface area contributed by atoms with Crippen LogP contribution in [-0.4, -0.2) is 54.3 Å². The molecule has 1 aromatic heterocycles. The highest BCUT2D eigenvalue weighted by Gasteiger charge is 2.07. The Kier molecular flexibility index (Phi) is 7.53. The summed E-state index contributed by atoms with van der Waals surface area (Å²) < 4.78 is 10.8. The molecule has 0 saturated carbocycles. The van der Waals surface area contributed by atoms with Crippen LogP contribution in [0.3, 0.4) is 0 Å². The van der Waals surface area contributed by atoms with Gasteiger partial charge in [-0.05, 0) is 38.1 Å². The monoisotopic (exact) mass is 365 g/mol. The van der Waals surface area contributed by atoms with E-state index < -0.39 is 0 Å². The van der Waals surface area contributed by atoms with Crippen molar-refractivity contribution in [1.82, 2.24) is 20.4 Å². The largest absolute Gasteiger partial charge is 0.492 e. The summed E-state index contributed by atoms with van der Waals surface area (Å²) >= 11 is 5.86.